The van der Waals surface area contributed by atoms with Crippen molar-refractivity contribution < 1.29 is 30.0 Å². The van der Waals surface area contributed by atoms with Gasteiger partial charge in [0.1, 0.15) is 6.10 Å². The van der Waals surface area contributed by atoms with E-state index in [9.17, 15) is 19.8 Å². The summed E-state index contributed by atoms with van der Waals surface area (Å²) in [7, 11) is 0. The fraction of sp³-hybridized carbons (Fsp3) is 0.200. The molecule has 4 N–H and O–H groups in total. The molecule has 0 radical (unpaired) electrons. The third-order valence-corrected chi connectivity index (χ3v) is 3.20. The topological polar surface area (TPSA) is 115 Å². The van der Waals surface area contributed by atoms with E-state index in [4.69, 9.17) is 10.2 Å². The van der Waals surface area contributed by atoms with Crippen LogP contribution in [0.5, 0.6) is 0 Å². The fourth-order valence-electron chi connectivity index (χ4n) is 2.09. The number of benzene rings is 2. The van der Waals surface area contributed by atoms with Crippen LogP contribution in [-0.2, 0) is 4.79 Å². The number of aliphatic carboxylic acids is 1. The summed E-state index contributed by atoms with van der Waals surface area (Å²) < 4.78 is 0. The average Bonchev–Trinajstić information content (AvgIpc) is 2.44. The second-order valence-electron chi connectivity index (χ2n) is 4.74. The predicted octanol–water partition coefficient (Wildman–Crippen LogP) is 1.41. The van der Waals surface area contributed by atoms with Crippen LogP contribution < -0.4 is 0 Å². The van der Waals surface area contributed by atoms with E-state index in [2.05, 4.69) is 0 Å². The molecule has 0 spiro atoms. The fourth-order valence-corrected chi connectivity index (χ4v) is 2.09. The van der Waals surface area contributed by atoms with E-state index < -0.39 is 30.6 Å². The summed E-state index contributed by atoms with van der Waals surface area (Å²) in [5.74, 6) is -2.23. The van der Waals surface area contributed by atoms with Crippen molar-refractivity contribution >= 4 is 22.7 Å². The van der Waals surface area contributed by atoms with E-state index in [-0.39, 0.29) is 5.56 Å². The Morgan fingerprint density at radius 2 is 1.57 bits per heavy atom. The van der Waals surface area contributed by atoms with Crippen LogP contribution in [0, 0.1) is 0 Å². The molecular formula is C15H14O6. The van der Waals surface area contributed by atoms with Crippen LogP contribution >= 0.6 is 0 Å². The van der Waals surface area contributed by atoms with Crippen molar-refractivity contribution in [1.82, 2.24) is 0 Å². The maximum Gasteiger partial charge on any atom is 0.335 e. The van der Waals surface area contributed by atoms with Gasteiger partial charge < -0.3 is 20.4 Å². The van der Waals surface area contributed by atoms with Crippen molar-refractivity contribution in [3.8, 4) is 0 Å². The van der Waals surface area contributed by atoms with Crippen LogP contribution in [0.25, 0.3) is 10.8 Å². The van der Waals surface area contributed by atoms with Crippen LogP contribution in [0.15, 0.2) is 36.4 Å². The maximum absolute atomic E-state index is 10.9. The number of rotatable bonds is 5. The van der Waals surface area contributed by atoms with E-state index in [0.29, 0.717) is 16.3 Å². The Morgan fingerprint density at radius 3 is 2.19 bits per heavy atom. The van der Waals surface area contributed by atoms with Crippen LogP contribution in [0.3, 0.4) is 0 Å². The summed E-state index contributed by atoms with van der Waals surface area (Å²) in [5, 5.41) is 38.4. The Labute approximate surface area is 119 Å². The number of carboxylic acids is 2. The largest absolute Gasteiger partial charge is 0.481 e. The van der Waals surface area contributed by atoms with Crippen LogP contribution in [0.4, 0.5) is 0 Å². The van der Waals surface area contributed by atoms with Crippen molar-refractivity contribution in [1.29, 1.82) is 0 Å². The minimum absolute atomic E-state index is 0.154. The van der Waals surface area contributed by atoms with Crippen LogP contribution in [-0.4, -0.2) is 38.5 Å². The molecule has 6 nitrogen and oxygen atoms in total. The molecule has 110 valence electrons. The number of aliphatic hydroxyl groups excluding tert-OH is 2. The number of hydrogen-bond donors (Lipinski definition) is 4. The highest BCUT2D eigenvalue weighted by atomic mass is 16.4. The molecule has 0 aliphatic heterocycles. The quantitative estimate of drug-likeness (QED) is 0.661. The Balaban J connectivity index is 2.32. The van der Waals surface area contributed by atoms with Crippen LogP contribution in [0.2, 0.25) is 0 Å². The van der Waals surface area contributed by atoms with Gasteiger partial charge in [0.25, 0.3) is 0 Å². The van der Waals surface area contributed by atoms with Gasteiger partial charge in [0.15, 0.2) is 0 Å². The molecule has 2 unspecified atom stereocenters. The highest BCUT2D eigenvalue weighted by molar-refractivity contribution is 5.94. The lowest BCUT2D eigenvalue weighted by molar-refractivity contribution is -0.141. The first-order valence-electron chi connectivity index (χ1n) is 6.23. The standard InChI is InChI=1S/C15H14O6/c16-12(7-13(17)18)14(19)10-3-1-9-6-11(15(20)21)4-2-8(9)5-10/h1-6,12,14,16,19H,7H2,(H,17,18)(H,20,21). The minimum Gasteiger partial charge on any atom is -0.481 e. The number of aliphatic hydroxyl groups is 2. The van der Waals surface area contributed by atoms with Gasteiger partial charge in [0.05, 0.1) is 18.1 Å². The van der Waals surface area contributed by atoms with Gasteiger partial charge in [-0.15, -0.1) is 0 Å². The van der Waals surface area contributed by atoms with Crippen molar-refractivity contribution in [2.24, 2.45) is 0 Å². The predicted molar refractivity (Wildman–Crippen MR) is 74.1 cm³/mol. The van der Waals surface area contributed by atoms with Gasteiger partial charge in [-0.25, -0.2) is 4.79 Å². The molecule has 0 amide bonds. The molecule has 0 fully saturated rings. The summed E-state index contributed by atoms with van der Waals surface area (Å²) in [5.41, 5.74) is 0.529. The summed E-state index contributed by atoms with van der Waals surface area (Å²) in [6.07, 6.45) is -3.28. The molecule has 21 heavy (non-hydrogen) atoms. The Morgan fingerprint density at radius 1 is 0.952 bits per heavy atom. The van der Waals surface area contributed by atoms with E-state index in [1.807, 2.05) is 0 Å². The van der Waals surface area contributed by atoms with E-state index in [0.717, 1.165) is 0 Å². The van der Waals surface area contributed by atoms with Gasteiger partial charge in [0.2, 0.25) is 0 Å². The average molecular weight is 290 g/mol. The molecule has 2 rings (SSSR count). The minimum atomic E-state index is -1.40. The molecule has 2 atom stereocenters. The van der Waals surface area contributed by atoms with Gasteiger partial charge in [-0.2, -0.15) is 0 Å². The summed E-state index contributed by atoms with van der Waals surface area (Å²) >= 11 is 0. The Kier molecular flexibility index (Phi) is 4.21. The Hall–Kier alpha value is -2.44. The molecule has 0 aromatic heterocycles. The molecule has 6 heteroatoms. The van der Waals surface area contributed by atoms with E-state index in [1.165, 1.54) is 18.2 Å². The van der Waals surface area contributed by atoms with Gasteiger partial charge in [-0.1, -0.05) is 18.2 Å². The lowest BCUT2D eigenvalue weighted by Gasteiger charge is -2.17. The number of fused-ring (bicyclic) bond motifs is 1. The molecule has 0 saturated heterocycles. The Bertz CT molecular complexity index is 694. The van der Waals surface area contributed by atoms with E-state index in [1.54, 1.807) is 18.2 Å². The molecule has 2 aromatic rings. The van der Waals surface area contributed by atoms with E-state index >= 15 is 0 Å². The number of carboxylic acid groups (broad SMARTS) is 2. The maximum atomic E-state index is 10.9. The van der Waals surface area contributed by atoms with Crippen molar-refractivity contribution in [2.75, 3.05) is 0 Å². The lowest BCUT2D eigenvalue weighted by atomic mass is 9.98. The zero-order valence-electron chi connectivity index (χ0n) is 10.9. The van der Waals surface area contributed by atoms with Gasteiger partial charge >= 0.3 is 11.9 Å². The number of carbonyl (C=O) groups is 2. The van der Waals surface area contributed by atoms with Gasteiger partial charge in [0, 0.05) is 0 Å². The first-order chi connectivity index (χ1) is 9.88. The molecule has 0 bridgehead atoms. The molecule has 0 aliphatic carbocycles. The zero-order valence-corrected chi connectivity index (χ0v) is 10.9. The molecular weight excluding hydrogens is 276 g/mol. The second kappa shape index (κ2) is 5.90. The third kappa shape index (κ3) is 3.36. The third-order valence-electron chi connectivity index (χ3n) is 3.20. The summed E-state index contributed by atoms with van der Waals surface area (Å²) in [6.45, 7) is 0. The highest BCUT2D eigenvalue weighted by Crippen LogP contribution is 2.24. The lowest BCUT2D eigenvalue weighted by Crippen LogP contribution is -2.21. The van der Waals surface area contributed by atoms with Crippen LogP contribution in [0.1, 0.15) is 28.4 Å². The number of aromatic carboxylic acids is 1. The molecule has 2 aromatic carbocycles. The van der Waals surface area contributed by atoms with Crippen molar-refractivity contribution in [2.45, 2.75) is 18.6 Å². The summed E-state index contributed by atoms with van der Waals surface area (Å²) in [6, 6.07) is 9.28. The second-order valence-corrected chi connectivity index (χ2v) is 4.74. The molecule has 0 heterocycles. The van der Waals surface area contributed by atoms with Gasteiger partial charge in [-0.05, 0) is 34.5 Å². The highest BCUT2D eigenvalue weighted by Gasteiger charge is 2.21. The monoisotopic (exact) mass is 290 g/mol. The number of hydrogen-bond acceptors (Lipinski definition) is 4. The van der Waals surface area contributed by atoms with Gasteiger partial charge in [-0.3, -0.25) is 4.79 Å². The zero-order chi connectivity index (χ0) is 15.6. The molecule has 0 saturated carbocycles. The first kappa shape index (κ1) is 15.0. The SMILES string of the molecule is O=C(O)CC(O)C(O)c1ccc2cc(C(=O)O)ccc2c1. The van der Waals surface area contributed by atoms with Crippen molar-refractivity contribution in [3.05, 3.63) is 47.5 Å². The van der Waals surface area contributed by atoms with Crippen molar-refractivity contribution in [3.63, 3.8) is 0 Å². The molecule has 0 aliphatic rings. The summed E-state index contributed by atoms with van der Waals surface area (Å²) in [4.78, 5) is 21.4. The normalized spacial score (nSPS) is 13.8. The smallest absolute Gasteiger partial charge is 0.335 e. The first-order valence-corrected chi connectivity index (χ1v) is 6.23.